The van der Waals surface area contributed by atoms with E-state index in [-0.39, 0.29) is 0 Å². The Labute approximate surface area is 98.6 Å². The van der Waals surface area contributed by atoms with E-state index in [1.54, 1.807) is 0 Å². The van der Waals surface area contributed by atoms with Crippen molar-refractivity contribution in [3.63, 3.8) is 0 Å². The van der Waals surface area contributed by atoms with E-state index in [1.807, 2.05) is 17.8 Å². The molecule has 0 bridgehead atoms. The second-order valence-corrected chi connectivity index (χ2v) is 4.68. The monoisotopic (exact) mass is 236 g/mol. The summed E-state index contributed by atoms with van der Waals surface area (Å²) in [6, 6.07) is 0.489. The summed E-state index contributed by atoms with van der Waals surface area (Å²) in [6.45, 7) is 1.94. The Morgan fingerprint density at radius 3 is 2.81 bits per heavy atom. The average molecular weight is 237 g/mol. The van der Waals surface area contributed by atoms with Gasteiger partial charge < -0.3 is 0 Å². The van der Waals surface area contributed by atoms with Crippen LogP contribution in [0.4, 0.5) is 0 Å². The Bertz CT molecular complexity index is 528. The van der Waals surface area contributed by atoms with Gasteiger partial charge in [0.15, 0.2) is 5.65 Å². The molecule has 1 aliphatic rings. The van der Waals surface area contributed by atoms with Crippen molar-refractivity contribution in [1.29, 1.82) is 0 Å². The SMILES string of the molecule is Cc1nc(Cl)nc2c1cnn2C1CCCC1. The fourth-order valence-corrected chi connectivity index (χ4v) is 2.66. The van der Waals surface area contributed by atoms with E-state index < -0.39 is 0 Å². The minimum atomic E-state index is 0.310. The van der Waals surface area contributed by atoms with Gasteiger partial charge in [-0.25, -0.2) is 9.67 Å². The molecule has 2 heterocycles. The Balaban J connectivity index is 2.18. The van der Waals surface area contributed by atoms with Crippen molar-refractivity contribution < 1.29 is 0 Å². The van der Waals surface area contributed by atoms with Crippen molar-refractivity contribution in [2.75, 3.05) is 0 Å². The second kappa shape index (κ2) is 3.70. The highest BCUT2D eigenvalue weighted by atomic mass is 35.5. The number of fused-ring (bicyclic) bond motifs is 1. The molecular weight excluding hydrogens is 224 g/mol. The largest absolute Gasteiger partial charge is 0.244 e. The molecule has 5 heteroatoms. The number of hydrogen-bond donors (Lipinski definition) is 0. The highest BCUT2D eigenvalue weighted by Crippen LogP contribution is 2.31. The van der Waals surface area contributed by atoms with Gasteiger partial charge in [0.25, 0.3) is 0 Å². The third-order valence-electron chi connectivity index (χ3n) is 3.29. The average Bonchev–Trinajstić information content (AvgIpc) is 2.83. The summed E-state index contributed by atoms with van der Waals surface area (Å²) in [4.78, 5) is 8.44. The molecular formula is C11H13ClN4. The molecule has 2 aromatic rings. The number of hydrogen-bond acceptors (Lipinski definition) is 3. The van der Waals surface area contributed by atoms with Crippen LogP contribution in [0.1, 0.15) is 37.4 Å². The molecule has 0 spiro atoms. The molecule has 3 rings (SSSR count). The van der Waals surface area contributed by atoms with Crippen molar-refractivity contribution in [2.24, 2.45) is 0 Å². The van der Waals surface area contributed by atoms with Crippen LogP contribution in [0.15, 0.2) is 6.20 Å². The molecule has 1 saturated carbocycles. The standard InChI is InChI=1S/C11H13ClN4/c1-7-9-6-13-16(8-4-2-3-5-8)10(9)15-11(12)14-7/h6,8H,2-5H2,1H3. The van der Waals surface area contributed by atoms with Crippen LogP contribution in [0.3, 0.4) is 0 Å². The van der Waals surface area contributed by atoms with E-state index in [0.717, 1.165) is 16.7 Å². The third-order valence-corrected chi connectivity index (χ3v) is 3.46. The Hall–Kier alpha value is -1.16. The maximum atomic E-state index is 5.90. The number of rotatable bonds is 1. The van der Waals surface area contributed by atoms with Crippen LogP contribution in [0.25, 0.3) is 11.0 Å². The van der Waals surface area contributed by atoms with Crippen molar-refractivity contribution >= 4 is 22.6 Å². The highest BCUT2D eigenvalue weighted by Gasteiger charge is 2.21. The van der Waals surface area contributed by atoms with Gasteiger partial charge in [0, 0.05) is 0 Å². The van der Waals surface area contributed by atoms with Gasteiger partial charge in [-0.3, -0.25) is 0 Å². The van der Waals surface area contributed by atoms with Gasteiger partial charge >= 0.3 is 0 Å². The minimum absolute atomic E-state index is 0.310. The number of aryl methyl sites for hydroxylation is 1. The quantitative estimate of drug-likeness (QED) is 0.715. The summed E-state index contributed by atoms with van der Waals surface area (Å²) >= 11 is 5.90. The summed E-state index contributed by atoms with van der Waals surface area (Å²) in [7, 11) is 0. The van der Waals surface area contributed by atoms with Crippen molar-refractivity contribution in [3.05, 3.63) is 17.2 Å². The number of nitrogens with zero attached hydrogens (tertiary/aromatic N) is 4. The van der Waals surface area contributed by atoms with E-state index >= 15 is 0 Å². The molecule has 0 amide bonds. The molecule has 16 heavy (non-hydrogen) atoms. The molecule has 1 fully saturated rings. The molecule has 84 valence electrons. The first-order valence-corrected chi connectivity index (χ1v) is 6.01. The van der Waals surface area contributed by atoms with Gasteiger partial charge in [-0.05, 0) is 31.4 Å². The fourth-order valence-electron chi connectivity index (χ4n) is 2.45. The molecule has 1 aliphatic carbocycles. The van der Waals surface area contributed by atoms with E-state index in [1.165, 1.54) is 25.7 Å². The first kappa shape index (κ1) is 10.0. The zero-order valence-corrected chi connectivity index (χ0v) is 9.91. The summed E-state index contributed by atoms with van der Waals surface area (Å²) in [5.74, 6) is 0. The zero-order chi connectivity index (χ0) is 11.1. The van der Waals surface area contributed by atoms with Crippen LogP contribution >= 0.6 is 11.6 Å². The van der Waals surface area contributed by atoms with Crippen LogP contribution in [-0.2, 0) is 0 Å². The van der Waals surface area contributed by atoms with Gasteiger partial charge in [-0.15, -0.1) is 0 Å². The van der Waals surface area contributed by atoms with Crippen LogP contribution in [0.5, 0.6) is 0 Å². The predicted molar refractivity (Wildman–Crippen MR) is 62.6 cm³/mol. The van der Waals surface area contributed by atoms with Crippen LogP contribution in [0.2, 0.25) is 5.28 Å². The van der Waals surface area contributed by atoms with Crippen LogP contribution < -0.4 is 0 Å². The summed E-state index contributed by atoms with van der Waals surface area (Å²) < 4.78 is 2.02. The van der Waals surface area contributed by atoms with Crippen molar-refractivity contribution in [2.45, 2.75) is 38.6 Å². The van der Waals surface area contributed by atoms with Crippen LogP contribution in [-0.4, -0.2) is 19.7 Å². The molecule has 0 atom stereocenters. The topological polar surface area (TPSA) is 43.6 Å². The molecule has 2 aromatic heterocycles. The fraction of sp³-hybridized carbons (Fsp3) is 0.545. The van der Waals surface area contributed by atoms with E-state index in [9.17, 15) is 0 Å². The zero-order valence-electron chi connectivity index (χ0n) is 9.15. The van der Waals surface area contributed by atoms with Gasteiger partial charge in [-0.2, -0.15) is 10.1 Å². The van der Waals surface area contributed by atoms with Gasteiger partial charge in [-0.1, -0.05) is 12.8 Å². The molecule has 0 saturated heterocycles. The molecule has 0 N–H and O–H groups in total. The smallest absolute Gasteiger partial charge is 0.224 e. The minimum Gasteiger partial charge on any atom is -0.244 e. The normalized spacial score (nSPS) is 17.4. The van der Waals surface area contributed by atoms with E-state index in [4.69, 9.17) is 11.6 Å². The van der Waals surface area contributed by atoms with Gasteiger partial charge in [0.05, 0.1) is 23.3 Å². The Morgan fingerprint density at radius 2 is 2.06 bits per heavy atom. The Morgan fingerprint density at radius 1 is 1.31 bits per heavy atom. The first-order chi connectivity index (χ1) is 7.75. The molecule has 0 aromatic carbocycles. The number of aromatic nitrogens is 4. The van der Waals surface area contributed by atoms with Crippen LogP contribution in [0, 0.1) is 6.92 Å². The summed E-state index contributed by atoms with van der Waals surface area (Å²) in [5.41, 5.74) is 1.78. The van der Waals surface area contributed by atoms with E-state index in [2.05, 4.69) is 15.1 Å². The molecule has 4 nitrogen and oxygen atoms in total. The lowest BCUT2D eigenvalue weighted by Gasteiger charge is -2.10. The number of halogens is 1. The maximum absolute atomic E-state index is 5.90. The van der Waals surface area contributed by atoms with Crippen molar-refractivity contribution in [3.8, 4) is 0 Å². The lowest BCUT2D eigenvalue weighted by molar-refractivity contribution is 0.478. The van der Waals surface area contributed by atoms with Crippen molar-refractivity contribution in [1.82, 2.24) is 19.7 Å². The molecule has 0 unspecified atom stereocenters. The Kier molecular flexibility index (Phi) is 2.32. The summed E-state index contributed by atoms with van der Waals surface area (Å²) in [6.07, 6.45) is 6.79. The molecule has 0 aliphatic heterocycles. The predicted octanol–water partition coefficient (Wildman–Crippen LogP) is 2.90. The lowest BCUT2D eigenvalue weighted by atomic mass is 10.2. The lowest BCUT2D eigenvalue weighted by Crippen LogP contribution is -2.07. The maximum Gasteiger partial charge on any atom is 0.224 e. The summed E-state index contributed by atoms with van der Waals surface area (Å²) in [5, 5.41) is 5.76. The highest BCUT2D eigenvalue weighted by molar-refractivity contribution is 6.28. The molecule has 0 radical (unpaired) electrons. The van der Waals surface area contributed by atoms with E-state index in [0.29, 0.717) is 11.3 Å². The van der Waals surface area contributed by atoms with Gasteiger partial charge in [0.2, 0.25) is 5.28 Å². The van der Waals surface area contributed by atoms with Gasteiger partial charge in [0.1, 0.15) is 0 Å². The second-order valence-electron chi connectivity index (χ2n) is 4.34. The first-order valence-electron chi connectivity index (χ1n) is 5.63. The third kappa shape index (κ3) is 1.48.